The third-order valence-corrected chi connectivity index (χ3v) is 2.83. The van der Waals surface area contributed by atoms with Crippen LogP contribution in [-0.4, -0.2) is 38.3 Å². The molecule has 1 saturated heterocycles. The number of aryl methyl sites for hydroxylation is 1. The number of hydrogen-bond donors (Lipinski definition) is 3. The molecule has 18 heavy (non-hydrogen) atoms. The highest BCUT2D eigenvalue weighted by atomic mass is 16.5. The number of H-pyrrole nitrogens is 1. The minimum Gasteiger partial charge on any atom is -0.411 e. The summed E-state index contributed by atoms with van der Waals surface area (Å²) in [7, 11) is 0. The Kier molecular flexibility index (Phi) is 3.30. The lowest BCUT2D eigenvalue weighted by atomic mass is 10.2. The van der Waals surface area contributed by atoms with Crippen LogP contribution < -0.4 is 11.2 Å². The van der Waals surface area contributed by atoms with Gasteiger partial charge < -0.3 is 15.1 Å². The van der Waals surface area contributed by atoms with Crippen LogP contribution >= 0.6 is 0 Å². The van der Waals surface area contributed by atoms with E-state index in [9.17, 15) is 9.59 Å². The Bertz CT molecular complexity index is 588. The molecule has 0 aliphatic carbocycles. The van der Waals surface area contributed by atoms with Crippen LogP contribution in [0, 0.1) is 6.92 Å². The molecule has 0 unspecified atom stereocenters. The van der Waals surface area contributed by atoms with Gasteiger partial charge in [-0.1, -0.05) is 5.16 Å². The summed E-state index contributed by atoms with van der Waals surface area (Å²) in [5, 5.41) is 20.8. The first kappa shape index (κ1) is 12.5. The first-order valence-corrected chi connectivity index (χ1v) is 5.36. The second-order valence-corrected chi connectivity index (χ2v) is 4.04. The second kappa shape index (κ2) is 4.75. The van der Waals surface area contributed by atoms with Crippen molar-refractivity contribution >= 4 is 5.71 Å². The van der Waals surface area contributed by atoms with Gasteiger partial charge in [-0.15, -0.1) is 0 Å². The fourth-order valence-corrected chi connectivity index (χ4v) is 1.84. The van der Waals surface area contributed by atoms with Crippen molar-refractivity contribution in [1.29, 1.82) is 0 Å². The SMILES string of the molecule is Cc1cn([C@H]2CC(=NO)[C@@H](CO)O2)c(=O)[nH]c1=O. The van der Waals surface area contributed by atoms with Crippen LogP contribution in [0.3, 0.4) is 0 Å². The first-order valence-electron chi connectivity index (χ1n) is 5.36. The van der Waals surface area contributed by atoms with Crippen LogP contribution in [0.1, 0.15) is 18.2 Å². The Morgan fingerprint density at radius 1 is 1.61 bits per heavy atom. The summed E-state index contributed by atoms with van der Waals surface area (Å²) in [5.41, 5.74) is -0.429. The van der Waals surface area contributed by atoms with Crippen molar-refractivity contribution in [2.45, 2.75) is 25.7 Å². The Hall–Kier alpha value is -1.93. The van der Waals surface area contributed by atoms with Crippen molar-refractivity contribution in [3.8, 4) is 0 Å². The molecule has 0 radical (unpaired) electrons. The highest BCUT2D eigenvalue weighted by molar-refractivity contribution is 5.90. The van der Waals surface area contributed by atoms with Gasteiger partial charge in [0.05, 0.1) is 12.3 Å². The lowest BCUT2D eigenvalue weighted by Gasteiger charge is -2.14. The normalized spacial score (nSPS) is 25.8. The van der Waals surface area contributed by atoms with Crippen LogP contribution in [0.5, 0.6) is 0 Å². The van der Waals surface area contributed by atoms with E-state index in [4.69, 9.17) is 15.1 Å². The minimum atomic E-state index is -0.737. The maximum Gasteiger partial charge on any atom is 0.330 e. The third kappa shape index (κ3) is 2.07. The standard InChI is InChI=1S/C10H13N3O5/c1-5-3-13(10(16)11-9(5)15)8-2-6(12-17)7(4-14)18-8/h3,7-8,14,17H,2,4H2,1H3,(H,11,15,16)/t7-,8-/m1/s1. The topological polar surface area (TPSA) is 117 Å². The predicted molar refractivity (Wildman–Crippen MR) is 60.9 cm³/mol. The van der Waals surface area contributed by atoms with Crippen LogP contribution in [0.4, 0.5) is 0 Å². The van der Waals surface area contributed by atoms with Crippen LogP contribution in [0.2, 0.25) is 0 Å². The fourth-order valence-electron chi connectivity index (χ4n) is 1.84. The third-order valence-electron chi connectivity index (χ3n) is 2.83. The van der Waals surface area contributed by atoms with Gasteiger partial charge >= 0.3 is 5.69 Å². The second-order valence-electron chi connectivity index (χ2n) is 4.04. The van der Waals surface area contributed by atoms with Gasteiger partial charge in [-0.05, 0) is 6.92 Å². The van der Waals surface area contributed by atoms with Gasteiger partial charge in [0.1, 0.15) is 12.3 Å². The number of nitrogens with one attached hydrogen (secondary N) is 1. The molecule has 1 aliphatic heterocycles. The number of hydrogen-bond acceptors (Lipinski definition) is 6. The zero-order valence-corrected chi connectivity index (χ0v) is 9.66. The summed E-state index contributed by atoms with van der Waals surface area (Å²) in [6, 6.07) is 0. The molecule has 8 heteroatoms. The van der Waals surface area contributed by atoms with Crippen LogP contribution in [-0.2, 0) is 4.74 Å². The zero-order valence-electron chi connectivity index (χ0n) is 9.66. The highest BCUT2D eigenvalue weighted by Crippen LogP contribution is 2.24. The largest absolute Gasteiger partial charge is 0.411 e. The molecular weight excluding hydrogens is 242 g/mol. The summed E-state index contributed by atoms with van der Waals surface area (Å²) in [4.78, 5) is 25.0. The minimum absolute atomic E-state index is 0.174. The van der Waals surface area contributed by atoms with Crippen molar-refractivity contribution in [2.75, 3.05) is 6.61 Å². The van der Waals surface area contributed by atoms with Gasteiger partial charge in [0.2, 0.25) is 0 Å². The van der Waals surface area contributed by atoms with E-state index in [0.29, 0.717) is 5.56 Å². The van der Waals surface area contributed by atoms with Gasteiger partial charge in [0, 0.05) is 18.2 Å². The zero-order chi connectivity index (χ0) is 13.3. The molecule has 2 atom stereocenters. The molecule has 3 N–H and O–H groups in total. The molecule has 0 bridgehead atoms. The van der Waals surface area contributed by atoms with E-state index in [1.807, 2.05) is 0 Å². The Morgan fingerprint density at radius 3 is 2.89 bits per heavy atom. The van der Waals surface area contributed by atoms with Crippen molar-refractivity contribution in [1.82, 2.24) is 9.55 Å². The lowest BCUT2D eigenvalue weighted by Crippen LogP contribution is -2.33. The molecular formula is C10H13N3O5. The molecule has 0 aromatic carbocycles. The maximum atomic E-state index is 11.6. The number of aromatic nitrogens is 2. The van der Waals surface area contributed by atoms with E-state index in [1.54, 1.807) is 6.92 Å². The highest BCUT2D eigenvalue weighted by Gasteiger charge is 2.33. The first-order chi connectivity index (χ1) is 8.56. The average Bonchev–Trinajstić information content (AvgIpc) is 2.76. The van der Waals surface area contributed by atoms with Gasteiger partial charge in [-0.3, -0.25) is 14.3 Å². The van der Waals surface area contributed by atoms with E-state index in [0.717, 1.165) is 0 Å². The molecule has 2 rings (SSSR count). The van der Waals surface area contributed by atoms with Gasteiger partial charge in [-0.2, -0.15) is 0 Å². The van der Waals surface area contributed by atoms with Gasteiger partial charge in [0.15, 0.2) is 0 Å². The summed E-state index contributed by atoms with van der Waals surface area (Å²) in [6.45, 7) is 1.22. The predicted octanol–water partition coefficient (Wildman–Crippen LogP) is -1.04. The molecule has 8 nitrogen and oxygen atoms in total. The van der Waals surface area contributed by atoms with E-state index in [-0.39, 0.29) is 18.7 Å². The fraction of sp³-hybridized carbons (Fsp3) is 0.500. The number of ether oxygens (including phenoxy) is 1. The maximum absolute atomic E-state index is 11.6. The van der Waals surface area contributed by atoms with Crippen LogP contribution in [0.15, 0.2) is 20.9 Å². The summed E-state index contributed by atoms with van der Waals surface area (Å²) >= 11 is 0. The molecule has 1 aliphatic rings. The van der Waals surface area contributed by atoms with E-state index >= 15 is 0 Å². The van der Waals surface area contributed by atoms with E-state index in [2.05, 4.69) is 10.1 Å². The molecule has 0 spiro atoms. The van der Waals surface area contributed by atoms with E-state index < -0.39 is 23.6 Å². The number of aliphatic hydroxyl groups excluding tert-OH is 1. The van der Waals surface area contributed by atoms with Crippen molar-refractivity contribution in [3.63, 3.8) is 0 Å². The monoisotopic (exact) mass is 255 g/mol. The average molecular weight is 255 g/mol. The number of aromatic amines is 1. The molecule has 0 amide bonds. The number of rotatable bonds is 2. The van der Waals surface area contributed by atoms with Crippen molar-refractivity contribution in [3.05, 3.63) is 32.6 Å². The van der Waals surface area contributed by atoms with Gasteiger partial charge in [-0.25, -0.2) is 4.79 Å². The Morgan fingerprint density at radius 2 is 2.33 bits per heavy atom. The van der Waals surface area contributed by atoms with Crippen molar-refractivity contribution < 1.29 is 15.1 Å². The lowest BCUT2D eigenvalue weighted by molar-refractivity contribution is -0.0153. The molecule has 98 valence electrons. The summed E-state index contributed by atoms with van der Waals surface area (Å²) < 4.78 is 6.58. The summed E-state index contributed by atoms with van der Waals surface area (Å²) in [6.07, 6.45) is 0.114. The molecule has 2 heterocycles. The van der Waals surface area contributed by atoms with Gasteiger partial charge in [0.25, 0.3) is 5.56 Å². The van der Waals surface area contributed by atoms with Crippen LogP contribution in [0.25, 0.3) is 0 Å². The molecule has 0 saturated carbocycles. The van der Waals surface area contributed by atoms with Crippen molar-refractivity contribution in [2.24, 2.45) is 5.16 Å². The summed E-state index contributed by atoms with van der Waals surface area (Å²) in [5.74, 6) is 0. The quantitative estimate of drug-likeness (QED) is 0.460. The Balaban J connectivity index is 2.38. The Labute approximate surface area is 101 Å². The molecule has 1 aromatic heterocycles. The van der Waals surface area contributed by atoms with E-state index in [1.165, 1.54) is 10.8 Å². The number of oxime groups is 1. The molecule has 1 fully saturated rings. The molecule has 1 aromatic rings. The number of nitrogens with zero attached hydrogens (tertiary/aromatic N) is 2. The number of aliphatic hydroxyl groups is 1. The smallest absolute Gasteiger partial charge is 0.330 e.